The third-order valence-corrected chi connectivity index (χ3v) is 4.40. The van der Waals surface area contributed by atoms with Crippen molar-refractivity contribution in [3.63, 3.8) is 0 Å². The van der Waals surface area contributed by atoms with E-state index in [1.807, 2.05) is 37.3 Å². The zero-order valence-corrected chi connectivity index (χ0v) is 17.1. The van der Waals surface area contributed by atoms with Crippen LogP contribution >= 0.6 is 0 Å². The Morgan fingerprint density at radius 1 is 0.900 bits per heavy atom. The van der Waals surface area contributed by atoms with Crippen molar-refractivity contribution in [1.82, 2.24) is 5.32 Å². The topological polar surface area (TPSA) is 102 Å². The highest BCUT2D eigenvalue weighted by molar-refractivity contribution is 5.95. The van der Waals surface area contributed by atoms with Crippen LogP contribution in [0.2, 0.25) is 0 Å². The molecule has 0 aliphatic carbocycles. The first-order chi connectivity index (χ1) is 14.3. The van der Waals surface area contributed by atoms with Gasteiger partial charge in [-0.1, -0.05) is 30.3 Å². The number of hydrogen-bond donors (Lipinski definition) is 2. The molecule has 0 radical (unpaired) electrons. The molecule has 0 fully saturated rings. The van der Waals surface area contributed by atoms with Crippen molar-refractivity contribution in [3.05, 3.63) is 65.7 Å². The summed E-state index contributed by atoms with van der Waals surface area (Å²) in [6, 6.07) is 15.9. The number of rotatable bonds is 10. The molecule has 2 aromatic carbocycles. The number of Topliss-reactive ketones (excluding diaryl/α,β-unsaturated/α-hetero) is 1. The second kappa shape index (κ2) is 11.5. The summed E-state index contributed by atoms with van der Waals surface area (Å²) in [6.45, 7) is 2.96. The van der Waals surface area contributed by atoms with E-state index in [0.717, 1.165) is 5.56 Å². The van der Waals surface area contributed by atoms with Gasteiger partial charge in [0.05, 0.1) is 6.04 Å². The van der Waals surface area contributed by atoms with Gasteiger partial charge in [0, 0.05) is 24.1 Å². The van der Waals surface area contributed by atoms with Gasteiger partial charge >= 0.3 is 5.97 Å². The first kappa shape index (κ1) is 22.8. The zero-order valence-electron chi connectivity index (χ0n) is 17.1. The molecule has 0 spiro atoms. The minimum atomic E-state index is -0.531. The van der Waals surface area contributed by atoms with Gasteiger partial charge in [-0.25, -0.2) is 0 Å². The van der Waals surface area contributed by atoms with E-state index >= 15 is 0 Å². The molecular formula is C23H26N2O5. The molecule has 2 amide bonds. The van der Waals surface area contributed by atoms with Gasteiger partial charge in [-0.2, -0.15) is 0 Å². The molecule has 7 nitrogen and oxygen atoms in total. The van der Waals surface area contributed by atoms with E-state index in [9.17, 15) is 19.2 Å². The fourth-order valence-corrected chi connectivity index (χ4v) is 2.73. The summed E-state index contributed by atoms with van der Waals surface area (Å²) in [4.78, 5) is 46.9. The highest BCUT2D eigenvalue weighted by atomic mass is 16.5. The molecule has 0 saturated heterocycles. The standard InChI is InChI=1S/C23H26N2O5/c1-16(18-7-4-3-5-8-18)24-22(28)15-30-23(29)10-6-9-21(27)25-20-13-11-19(12-14-20)17(2)26/h3-5,7-8,11-14,16H,6,9-10,15H2,1-2H3,(H,24,28)(H,25,27)/t16-/m1/s1. The van der Waals surface area contributed by atoms with Crippen molar-refractivity contribution >= 4 is 29.3 Å². The number of anilines is 1. The fraction of sp³-hybridized carbons (Fsp3) is 0.304. The lowest BCUT2D eigenvalue weighted by molar-refractivity contribution is -0.148. The predicted octanol–water partition coefficient (Wildman–Crippen LogP) is 3.42. The van der Waals surface area contributed by atoms with Gasteiger partial charge in [0.1, 0.15) is 0 Å². The molecule has 0 aliphatic heterocycles. The molecule has 0 heterocycles. The molecule has 158 valence electrons. The summed E-state index contributed by atoms with van der Waals surface area (Å²) in [7, 11) is 0. The van der Waals surface area contributed by atoms with Gasteiger partial charge in [0.25, 0.3) is 5.91 Å². The Labute approximate surface area is 175 Å². The third-order valence-electron chi connectivity index (χ3n) is 4.40. The molecule has 0 aliphatic rings. The van der Waals surface area contributed by atoms with Gasteiger partial charge in [0.2, 0.25) is 5.91 Å². The van der Waals surface area contributed by atoms with Crippen molar-refractivity contribution in [2.24, 2.45) is 0 Å². The average molecular weight is 410 g/mol. The number of ether oxygens (including phenoxy) is 1. The molecule has 7 heteroatoms. The molecule has 2 aromatic rings. The van der Waals surface area contributed by atoms with E-state index in [1.165, 1.54) is 6.92 Å². The highest BCUT2D eigenvalue weighted by Gasteiger charge is 2.12. The Hall–Kier alpha value is -3.48. The summed E-state index contributed by atoms with van der Waals surface area (Å²) in [6.07, 6.45) is 0.483. The zero-order chi connectivity index (χ0) is 21.9. The summed E-state index contributed by atoms with van der Waals surface area (Å²) >= 11 is 0. The van der Waals surface area contributed by atoms with Crippen molar-refractivity contribution in [2.75, 3.05) is 11.9 Å². The van der Waals surface area contributed by atoms with E-state index in [-0.39, 0.29) is 43.1 Å². The van der Waals surface area contributed by atoms with E-state index in [2.05, 4.69) is 10.6 Å². The number of carbonyl (C=O) groups excluding carboxylic acids is 4. The summed E-state index contributed by atoms with van der Waals surface area (Å²) in [5.41, 5.74) is 2.11. The Bertz CT molecular complexity index is 878. The second-order valence-electron chi connectivity index (χ2n) is 6.90. The molecule has 2 rings (SSSR count). The largest absolute Gasteiger partial charge is 0.456 e. The van der Waals surface area contributed by atoms with Gasteiger partial charge < -0.3 is 15.4 Å². The van der Waals surface area contributed by atoms with Crippen LogP contribution in [0.3, 0.4) is 0 Å². The van der Waals surface area contributed by atoms with E-state index < -0.39 is 5.97 Å². The summed E-state index contributed by atoms with van der Waals surface area (Å²) < 4.78 is 4.96. The minimum absolute atomic E-state index is 0.0399. The van der Waals surface area contributed by atoms with Crippen LogP contribution in [0.1, 0.15) is 55.1 Å². The smallest absolute Gasteiger partial charge is 0.306 e. The molecular weight excluding hydrogens is 384 g/mol. The SMILES string of the molecule is CC(=O)c1ccc(NC(=O)CCCC(=O)OCC(=O)N[C@H](C)c2ccccc2)cc1. The lowest BCUT2D eigenvalue weighted by Gasteiger charge is -2.14. The van der Waals surface area contributed by atoms with Crippen molar-refractivity contribution < 1.29 is 23.9 Å². The van der Waals surface area contributed by atoms with E-state index in [4.69, 9.17) is 4.74 Å². The van der Waals surface area contributed by atoms with Crippen LogP contribution in [0.5, 0.6) is 0 Å². The van der Waals surface area contributed by atoms with Crippen molar-refractivity contribution in [2.45, 2.75) is 39.2 Å². The van der Waals surface area contributed by atoms with E-state index in [1.54, 1.807) is 24.3 Å². The Morgan fingerprint density at radius 2 is 1.57 bits per heavy atom. The molecule has 0 saturated carbocycles. The van der Waals surface area contributed by atoms with Crippen molar-refractivity contribution in [1.29, 1.82) is 0 Å². The van der Waals surface area contributed by atoms with Crippen LogP contribution in [0.4, 0.5) is 5.69 Å². The number of carbonyl (C=O) groups is 4. The van der Waals surface area contributed by atoms with Crippen LogP contribution < -0.4 is 10.6 Å². The first-order valence-corrected chi connectivity index (χ1v) is 9.76. The Balaban J connectivity index is 1.62. The molecule has 2 N–H and O–H groups in total. The molecule has 0 aromatic heterocycles. The van der Waals surface area contributed by atoms with Gasteiger partial charge in [-0.05, 0) is 50.1 Å². The Kier molecular flexibility index (Phi) is 8.75. The van der Waals surface area contributed by atoms with E-state index in [0.29, 0.717) is 17.7 Å². The maximum absolute atomic E-state index is 11.9. The van der Waals surface area contributed by atoms with Crippen LogP contribution in [-0.4, -0.2) is 30.2 Å². The lowest BCUT2D eigenvalue weighted by atomic mass is 10.1. The monoisotopic (exact) mass is 410 g/mol. The fourth-order valence-electron chi connectivity index (χ4n) is 2.73. The second-order valence-corrected chi connectivity index (χ2v) is 6.90. The maximum Gasteiger partial charge on any atom is 0.306 e. The first-order valence-electron chi connectivity index (χ1n) is 9.76. The summed E-state index contributed by atoms with van der Waals surface area (Å²) in [5, 5.41) is 5.47. The molecule has 0 bridgehead atoms. The third kappa shape index (κ3) is 7.87. The summed E-state index contributed by atoms with van der Waals surface area (Å²) in [5.74, 6) is -1.20. The van der Waals surface area contributed by atoms with Crippen LogP contribution in [0.25, 0.3) is 0 Å². The number of esters is 1. The lowest BCUT2D eigenvalue weighted by Crippen LogP contribution is -2.31. The van der Waals surface area contributed by atoms with Gasteiger partial charge in [-0.15, -0.1) is 0 Å². The van der Waals surface area contributed by atoms with Gasteiger partial charge in [-0.3, -0.25) is 19.2 Å². The number of nitrogens with one attached hydrogen (secondary N) is 2. The predicted molar refractivity (Wildman–Crippen MR) is 113 cm³/mol. The van der Waals surface area contributed by atoms with Crippen LogP contribution in [-0.2, 0) is 19.1 Å². The number of hydrogen-bond acceptors (Lipinski definition) is 5. The molecule has 30 heavy (non-hydrogen) atoms. The minimum Gasteiger partial charge on any atom is -0.456 e. The van der Waals surface area contributed by atoms with Crippen LogP contribution in [0.15, 0.2) is 54.6 Å². The quantitative estimate of drug-likeness (QED) is 0.462. The normalized spacial score (nSPS) is 11.3. The maximum atomic E-state index is 11.9. The Morgan fingerprint density at radius 3 is 2.20 bits per heavy atom. The molecule has 1 atom stereocenters. The number of amides is 2. The van der Waals surface area contributed by atoms with Crippen molar-refractivity contribution in [3.8, 4) is 0 Å². The highest BCUT2D eigenvalue weighted by Crippen LogP contribution is 2.12. The number of ketones is 1. The number of benzene rings is 2. The van der Waals surface area contributed by atoms with Gasteiger partial charge in [0.15, 0.2) is 12.4 Å². The van der Waals surface area contributed by atoms with Crippen LogP contribution in [0, 0.1) is 0 Å². The average Bonchev–Trinajstić information content (AvgIpc) is 2.73. The molecule has 0 unspecified atom stereocenters.